The fraction of sp³-hybridized carbons (Fsp3) is 0.500. The van der Waals surface area contributed by atoms with Crippen LogP contribution in [0.25, 0.3) is 0 Å². The second-order valence-corrected chi connectivity index (χ2v) is 7.04. The minimum absolute atomic E-state index is 0. The quantitative estimate of drug-likeness (QED) is 0.298. The number of guanidine groups is 1. The molecule has 2 N–H and O–H groups in total. The Kier molecular flexibility index (Phi) is 10.3. The molecular weight excluding hydrogens is 495 g/mol. The van der Waals surface area contributed by atoms with Gasteiger partial charge < -0.3 is 24.5 Å². The first kappa shape index (κ1) is 24.3. The van der Waals surface area contributed by atoms with Gasteiger partial charge in [0, 0.05) is 18.3 Å². The van der Waals surface area contributed by atoms with Crippen LogP contribution < -0.4 is 20.1 Å². The molecule has 0 radical (unpaired) electrons. The first-order valence-corrected chi connectivity index (χ1v) is 10.3. The molecular formula is C22H33IN4O3. The summed E-state index contributed by atoms with van der Waals surface area (Å²) in [5.74, 6) is 3.07. The maximum absolute atomic E-state index is 5.73. The van der Waals surface area contributed by atoms with Crippen LogP contribution in [0.15, 0.2) is 46.0 Å². The smallest absolute Gasteiger partial charge is 0.195 e. The average molecular weight is 528 g/mol. The van der Waals surface area contributed by atoms with Gasteiger partial charge in [-0.25, -0.2) is 0 Å². The third-order valence-electron chi connectivity index (χ3n) is 5.12. The first-order chi connectivity index (χ1) is 14.2. The lowest BCUT2D eigenvalue weighted by atomic mass is 10.1. The van der Waals surface area contributed by atoms with Gasteiger partial charge in [-0.15, -0.1) is 24.0 Å². The average Bonchev–Trinajstić information content (AvgIpc) is 3.29. The van der Waals surface area contributed by atoms with Crippen molar-refractivity contribution in [3.8, 4) is 11.5 Å². The zero-order valence-electron chi connectivity index (χ0n) is 18.0. The largest absolute Gasteiger partial charge is 0.493 e. The Morgan fingerprint density at radius 1 is 1.13 bits per heavy atom. The van der Waals surface area contributed by atoms with E-state index in [-0.39, 0.29) is 30.0 Å². The second-order valence-electron chi connectivity index (χ2n) is 7.04. The van der Waals surface area contributed by atoms with Crippen molar-refractivity contribution in [2.24, 2.45) is 4.99 Å². The van der Waals surface area contributed by atoms with E-state index in [1.807, 2.05) is 30.3 Å². The van der Waals surface area contributed by atoms with Crippen LogP contribution in [0, 0.1) is 0 Å². The summed E-state index contributed by atoms with van der Waals surface area (Å²) in [6.07, 6.45) is 5.49. The fourth-order valence-corrected chi connectivity index (χ4v) is 3.63. The van der Waals surface area contributed by atoms with Crippen molar-refractivity contribution in [3.05, 3.63) is 42.4 Å². The Bertz CT molecular complexity index is 777. The van der Waals surface area contributed by atoms with Crippen LogP contribution in [-0.4, -0.2) is 51.3 Å². The van der Waals surface area contributed by atoms with Crippen molar-refractivity contribution < 1.29 is 13.9 Å². The molecule has 0 spiro atoms. The molecule has 0 aliphatic carbocycles. The molecule has 1 unspecified atom stereocenters. The molecule has 1 atom stereocenters. The Labute approximate surface area is 196 Å². The predicted molar refractivity (Wildman–Crippen MR) is 131 cm³/mol. The second kappa shape index (κ2) is 12.7. The van der Waals surface area contributed by atoms with E-state index < -0.39 is 0 Å². The number of furan rings is 1. The van der Waals surface area contributed by atoms with Gasteiger partial charge >= 0.3 is 0 Å². The van der Waals surface area contributed by atoms with Gasteiger partial charge in [-0.2, -0.15) is 0 Å². The summed E-state index contributed by atoms with van der Waals surface area (Å²) in [5, 5.41) is 6.68. The molecule has 0 bridgehead atoms. The third-order valence-corrected chi connectivity index (χ3v) is 5.12. The minimum Gasteiger partial charge on any atom is -0.493 e. The van der Waals surface area contributed by atoms with E-state index in [4.69, 9.17) is 18.9 Å². The van der Waals surface area contributed by atoms with E-state index in [9.17, 15) is 0 Å². The van der Waals surface area contributed by atoms with Crippen molar-refractivity contribution in [2.45, 2.75) is 32.2 Å². The SMILES string of the molecule is CCNC(=NCC(c1ccco1)N1CCCCC1)Nc1ccc(OC)c(OC)c1.I. The van der Waals surface area contributed by atoms with Gasteiger partial charge in [0.1, 0.15) is 5.76 Å². The van der Waals surface area contributed by atoms with E-state index in [0.29, 0.717) is 18.0 Å². The van der Waals surface area contributed by atoms with Crippen molar-refractivity contribution in [2.75, 3.05) is 45.7 Å². The van der Waals surface area contributed by atoms with Crippen LogP contribution in [-0.2, 0) is 0 Å². The summed E-state index contributed by atoms with van der Waals surface area (Å²) in [6, 6.07) is 9.87. The highest BCUT2D eigenvalue weighted by Crippen LogP contribution is 2.30. The van der Waals surface area contributed by atoms with E-state index in [2.05, 4.69) is 22.5 Å². The van der Waals surface area contributed by atoms with Crippen LogP contribution >= 0.6 is 24.0 Å². The number of ether oxygens (including phenoxy) is 2. The number of hydrogen-bond acceptors (Lipinski definition) is 5. The van der Waals surface area contributed by atoms with Gasteiger partial charge in [0.2, 0.25) is 0 Å². The van der Waals surface area contributed by atoms with Crippen molar-refractivity contribution in [3.63, 3.8) is 0 Å². The van der Waals surface area contributed by atoms with E-state index in [1.165, 1.54) is 19.3 Å². The summed E-state index contributed by atoms with van der Waals surface area (Å²) >= 11 is 0. The molecule has 30 heavy (non-hydrogen) atoms. The number of rotatable bonds is 8. The molecule has 7 nitrogen and oxygen atoms in total. The first-order valence-electron chi connectivity index (χ1n) is 10.3. The number of likely N-dealkylation sites (tertiary alicyclic amines) is 1. The number of nitrogens with zero attached hydrogens (tertiary/aromatic N) is 2. The van der Waals surface area contributed by atoms with Gasteiger partial charge in [-0.3, -0.25) is 9.89 Å². The van der Waals surface area contributed by atoms with Gasteiger partial charge in [-0.05, 0) is 57.1 Å². The van der Waals surface area contributed by atoms with Gasteiger partial charge in [0.15, 0.2) is 17.5 Å². The molecule has 8 heteroatoms. The number of methoxy groups -OCH3 is 2. The molecule has 2 aromatic rings. The normalized spacial score (nSPS) is 15.8. The number of nitrogens with one attached hydrogen (secondary N) is 2. The topological polar surface area (TPSA) is 71.3 Å². The van der Waals surface area contributed by atoms with E-state index in [0.717, 1.165) is 37.0 Å². The van der Waals surface area contributed by atoms with Crippen molar-refractivity contribution >= 4 is 35.6 Å². The van der Waals surface area contributed by atoms with Gasteiger partial charge in [-0.1, -0.05) is 6.42 Å². The summed E-state index contributed by atoms with van der Waals surface area (Å²) in [5.41, 5.74) is 0.884. The zero-order chi connectivity index (χ0) is 20.5. The lowest BCUT2D eigenvalue weighted by Gasteiger charge is -2.32. The molecule has 2 heterocycles. The Balaban J connectivity index is 0.00000320. The van der Waals surface area contributed by atoms with Gasteiger partial charge in [0.25, 0.3) is 0 Å². The van der Waals surface area contributed by atoms with Gasteiger partial charge in [0.05, 0.1) is 33.1 Å². The van der Waals surface area contributed by atoms with Crippen molar-refractivity contribution in [1.29, 1.82) is 0 Å². The van der Waals surface area contributed by atoms with E-state index in [1.54, 1.807) is 20.5 Å². The molecule has 0 amide bonds. The molecule has 0 saturated carbocycles. The number of aliphatic imine (C=N–C) groups is 1. The van der Waals surface area contributed by atoms with Crippen LogP contribution in [0.3, 0.4) is 0 Å². The highest BCUT2D eigenvalue weighted by Gasteiger charge is 2.24. The Hall–Kier alpha value is -1.94. The zero-order valence-corrected chi connectivity index (χ0v) is 20.3. The molecule has 3 rings (SSSR count). The molecule has 1 aromatic heterocycles. The third kappa shape index (κ3) is 6.53. The maximum atomic E-state index is 5.73. The predicted octanol–water partition coefficient (Wildman–Crippen LogP) is 4.52. The molecule has 166 valence electrons. The maximum Gasteiger partial charge on any atom is 0.195 e. The molecule has 1 fully saturated rings. The van der Waals surface area contributed by atoms with Crippen molar-refractivity contribution in [1.82, 2.24) is 10.2 Å². The Morgan fingerprint density at radius 2 is 1.90 bits per heavy atom. The molecule has 1 aliphatic heterocycles. The summed E-state index contributed by atoms with van der Waals surface area (Å²) in [7, 11) is 3.26. The highest BCUT2D eigenvalue weighted by molar-refractivity contribution is 14.0. The molecule has 1 aliphatic rings. The molecule has 1 aromatic carbocycles. The molecule has 1 saturated heterocycles. The summed E-state index contributed by atoms with van der Waals surface area (Å²) < 4.78 is 16.5. The van der Waals surface area contributed by atoms with E-state index >= 15 is 0 Å². The number of piperidine rings is 1. The monoisotopic (exact) mass is 528 g/mol. The fourth-order valence-electron chi connectivity index (χ4n) is 3.63. The summed E-state index contributed by atoms with van der Waals surface area (Å²) in [6.45, 7) is 5.62. The minimum atomic E-state index is 0. The number of anilines is 1. The Morgan fingerprint density at radius 3 is 2.53 bits per heavy atom. The number of benzene rings is 1. The highest BCUT2D eigenvalue weighted by atomic mass is 127. The summed E-state index contributed by atoms with van der Waals surface area (Å²) in [4.78, 5) is 7.34. The number of hydrogen-bond donors (Lipinski definition) is 2. The van der Waals surface area contributed by atoms with Crippen LogP contribution in [0.5, 0.6) is 11.5 Å². The number of halogens is 1. The standard InChI is InChI=1S/C22H32N4O3.HI/c1-4-23-22(25-17-10-11-20(27-2)21(15-17)28-3)24-16-18(19-9-8-14-29-19)26-12-6-5-7-13-26;/h8-11,14-15,18H,4-7,12-13,16H2,1-3H3,(H2,23,24,25);1H. The van der Waals surface area contributed by atoms with Crippen LogP contribution in [0.1, 0.15) is 38.0 Å². The van der Waals surface area contributed by atoms with Crippen LogP contribution in [0.4, 0.5) is 5.69 Å². The van der Waals surface area contributed by atoms with Crippen LogP contribution in [0.2, 0.25) is 0 Å². The lowest BCUT2D eigenvalue weighted by Crippen LogP contribution is -2.36. The lowest BCUT2D eigenvalue weighted by molar-refractivity contribution is 0.150.